The predicted octanol–water partition coefficient (Wildman–Crippen LogP) is 2.42. The maximum Gasteiger partial charge on any atom is 0.410 e. The smallest absolute Gasteiger partial charge is 0.410 e. The summed E-state index contributed by atoms with van der Waals surface area (Å²) in [5.74, 6) is 0. The number of amides is 1. The first-order valence-electron chi connectivity index (χ1n) is 12.5. The zero-order valence-corrected chi connectivity index (χ0v) is 24.8. The van der Waals surface area contributed by atoms with E-state index in [0.29, 0.717) is 106 Å². The van der Waals surface area contributed by atoms with Crippen molar-refractivity contribution in [1.82, 2.24) is 4.90 Å². The molecule has 0 rings (SSSR count). The molecule has 0 spiro atoms. The Morgan fingerprint density at radius 3 is 1.11 bits per heavy atom. The Bertz CT molecular complexity index is 482. The summed E-state index contributed by atoms with van der Waals surface area (Å²) in [6.07, 6.45) is -0.359. The highest BCUT2D eigenvalue weighted by molar-refractivity contribution is 14.1. The lowest BCUT2D eigenvalue weighted by atomic mass is 10.2. The molecule has 0 aliphatic carbocycles. The lowest BCUT2D eigenvalue weighted by Crippen LogP contribution is -2.36. The van der Waals surface area contributed by atoms with Gasteiger partial charge in [0.1, 0.15) is 5.60 Å². The molecule has 1 amide bonds. The molecule has 0 saturated carbocycles. The van der Waals surface area contributed by atoms with E-state index in [0.717, 1.165) is 11.0 Å². The van der Waals surface area contributed by atoms with Crippen LogP contribution in [0, 0.1) is 0 Å². The van der Waals surface area contributed by atoms with Crippen molar-refractivity contribution in [2.45, 2.75) is 26.4 Å². The van der Waals surface area contributed by atoms with Gasteiger partial charge in [0.2, 0.25) is 0 Å². The molecule has 0 saturated heterocycles. The molecule has 0 aromatic heterocycles. The average Bonchev–Trinajstić information content (AvgIpc) is 2.82. The number of hydrogen-bond donors (Lipinski definition) is 0. The van der Waals surface area contributed by atoms with Crippen molar-refractivity contribution in [3.8, 4) is 0 Å². The molecule has 0 heterocycles. The van der Waals surface area contributed by atoms with Crippen LogP contribution in [0.2, 0.25) is 0 Å². The number of alkyl halides is 1. The quantitative estimate of drug-likeness (QED) is 0.0799. The van der Waals surface area contributed by atoms with Crippen LogP contribution in [-0.2, 0) is 42.6 Å². The molecule has 0 aromatic rings. The number of likely N-dealkylation sites (N-methyl/N-ethyl adjacent to an activating group) is 1. The monoisotopic (exact) mass is 637 g/mol. The summed E-state index contributed by atoms with van der Waals surface area (Å²) in [4.78, 5) is 13.3. The summed E-state index contributed by atoms with van der Waals surface area (Å²) in [7, 11) is 1.68. The second kappa shape index (κ2) is 26.3. The molecule has 12 heteroatoms. The van der Waals surface area contributed by atoms with Crippen LogP contribution in [-0.4, -0.2) is 140 Å². The highest BCUT2D eigenvalue weighted by Crippen LogP contribution is 2.08. The highest BCUT2D eigenvalue weighted by atomic mass is 127. The number of halogens is 1. The van der Waals surface area contributed by atoms with Crippen molar-refractivity contribution >= 4 is 28.7 Å². The molecule has 0 aliphatic heterocycles. The van der Waals surface area contributed by atoms with Gasteiger partial charge in [-0.1, -0.05) is 22.6 Å². The minimum absolute atomic E-state index is 0.359. The highest BCUT2D eigenvalue weighted by Gasteiger charge is 2.19. The van der Waals surface area contributed by atoms with Crippen LogP contribution < -0.4 is 0 Å². The maximum atomic E-state index is 11.8. The first kappa shape index (κ1) is 35.7. The Morgan fingerprint density at radius 2 is 0.833 bits per heavy atom. The van der Waals surface area contributed by atoms with Crippen molar-refractivity contribution in [3.63, 3.8) is 0 Å². The van der Waals surface area contributed by atoms with Gasteiger partial charge in [-0.15, -0.1) is 0 Å². The van der Waals surface area contributed by atoms with Crippen LogP contribution in [0.15, 0.2) is 0 Å². The molecule has 0 radical (unpaired) electrons. The van der Waals surface area contributed by atoms with E-state index in [9.17, 15) is 4.79 Å². The fraction of sp³-hybridized carbons (Fsp3) is 0.958. The fourth-order valence-corrected chi connectivity index (χ4v) is 2.64. The summed E-state index contributed by atoms with van der Waals surface area (Å²) in [5.41, 5.74) is -0.501. The van der Waals surface area contributed by atoms with E-state index in [1.165, 1.54) is 4.90 Å². The van der Waals surface area contributed by atoms with Crippen LogP contribution in [0.1, 0.15) is 20.8 Å². The average molecular weight is 638 g/mol. The van der Waals surface area contributed by atoms with Crippen molar-refractivity contribution in [3.05, 3.63) is 0 Å². The molecule has 36 heavy (non-hydrogen) atoms. The van der Waals surface area contributed by atoms with E-state index in [-0.39, 0.29) is 6.09 Å². The van der Waals surface area contributed by atoms with Crippen LogP contribution in [0.5, 0.6) is 0 Å². The maximum absolute atomic E-state index is 11.8. The van der Waals surface area contributed by atoms with Gasteiger partial charge < -0.3 is 47.5 Å². The second-order valence-electron chi connectivity index (χ2n) is 8.49. The molecule has 0 bridgehead atoms. The van der Waals surface area contributed by atoms with E-state index in [1.54, 1.807) is 7.05 Å². The van der Waals surface area contributed by atoms with Crippen molar-refractivity contribution < 1.29 is 47.4 Å². The first-order valence-corrected chi connectivity index (χ1v) is 14.0. The van der Waals surface area contributed by atoms with Gasteiger partial charge in [0, 0.05) is 18.0 Å². The summed E-state index contributed by atoms with van der Waals surface area (Å²) >= 11 is 2.27. The van der Waals surface area contributed by atoms with Gasteiger partial charge in [0.25, 0.3) is 0 Å². The number of nitrogens with zero attached hydrogens (tertiary/aromatic N) is 1. The molecule has 0 atom stereocenters. The molecular formula is C24H48INO10. The van der Waals surface area contributed by atoms with Gasteiger partial charge in [-0.3, -0.25) is 0 Å². The summed E-state index contributed by atoms with van der Waals surface area (Å²) in [6, 6.07) is 0. The molecule has 0 aliphatic rings. The Hall–Kier alpha value is -0.320. The Balaban J connectivity index is 3.17. The molecule has 216 valence electrons. The third-order valence-corrected chi connectivity index (χ3v) is 4.54. The third kappa shape index (κ3) is 28.3. The lowest BCUT2D eigenvalue weighted by Gasteiger charge is -2.24. The molecule has 0 fully saturated rings. The first-order chi connectivity index (χ1) is 17.4. The number of carbonyl (C=O) groups excluding carboxylic acids is 1. The van der Waals surface area contributed by atoms with Crippen LogP contribution in [0.4, 0.5) is 4.79 Å². The van der Waals surface area contributed by atoms with Crippen LogP contribution >= 0.6 is 22.6 Å². The topological polar surface area (TPSA) is 103 Å². The molecule has 0 N–H and O–H groups in total. The second-order valence-corrected chi connectivity index (χ2v) is 9.57. The summed E-state index contributed by atoms with van der Waals surface area (Å²) in [5, 5.41) is 0. The van der Waals surface area contributed by atoms with E-state index in [2.05, 4.69) is 22.6 Å². The largest absolute Gasteiger partial charge is 0.444 e. The van der Waals surface area contributed by atoms with Crippen molar-refractivity contribution in [2.24, 2.45) is 0 Å². The van der Waals surface area contributed by atoms with Crippen molar-refractivity contribution in [1.29, 1.82) is 0 Å². The van der Waals surface area contributed by atoms with Gasteiger partial charge >= 0.3 is 6.09 Å². The van der Waals surface area contributed by atoms with Gasteiger partial charge in [-0.05, 0) is 20.8 Å². The number of hydrogen-bond acceptors (Lipinski definition) is 10. The van der Waals surface area contributed by atoms with E-state index >= 15 is 0 Å². The zero-order valence-electron chi connectivity index (χ0n) is 22.6. The van der Waals surface area contributed by atoms with Gasteiger partial charge in [-0.2, -0.15) is 0 Å². The summed E-state index contributed by atoms with van der Waals surface area (Å²) in [6.45, 7) is 14.5. The standard InChI is InChI=1S/C24H48INO10/c1-24(2,3)36-23(27)26(4)6-8-29-10-12-31-14-16-33-18-20-35-22-21-34-19-17-32-15-13-30-11-9-28-7-5-25/h5-22H2,1-4H3. The van der Waals surface area contributed by atoms with Crippen LogP contribution in [0.3, 0.4) is 0 Å². The van der Waals surface area contributed by atoms with Gasteiger partial charge in [0.15, 0.2) is 0 Å². The number of ether oxygens (including phenoxy) is 9. The van der Waals surface area contributed by atoms with Crippen molar-refractivity contribution in [2.75, 3.05) is 124 Å². The Kier molecular flexibility index (Phi) is 26.1. The minimum Gasteiger partial charge on any atom is -0.444 e. The predicted molar refractivity (Wildman–Crippen MR) is 144 cm³/mol. The zero-order chi connectivity index (χ0) is 26.7. The SMILES string of the molecule is CN(CCOCCOCCOCCOCCOCCOCCOCCOCCI)C(=O)OC(C)(C)C. The van der Waals surface area contributed by atoms with E-state index < -0.39 is 5.60 Å². The van der Waals surface area contributed by atoms with E-state index in [1.807, 2.05) is 20.8 Å². The third-order valence-electron chi connectivity index (χ3n) is 4.10. The molecule has 0 aromatic carbocycles. The van der Waals surface area contributed by atoms with Gasteiger partial charge in [0.05, 0.1) is 106 Å². The van der Waals surface area contributed by atoms with E-state index in [4.69, 9.17) is 42.6 Å². The number of rotatable bonds is 26. The molecular weight excluding hydrogens is 589 g/mol. The van der Waals surface area contributed by atoms with Gasteiger partial charge in [-0.25, -0.2) is 4.79 Å². The van der Waals surface area contributed by atoms with Crippen LogP contribution in [0.25, 0.3) is 0 Å². The minimum atomic E-state index is -0.501. The Labute approximate surface area is 230 Å². The summed E-state index contributed by atoms with van der Waals surface area (Å²) < 4.78 is 49.6. The lowest BCUT2D eigenvalue weighted by molar-refractivity contribution is -0.0233. The molecule has 11 nitrogen and oxygen atoms in total. The number of carbonyl (C=O) groups is 1. The molecule has 0 unspecified atom stereocenters. The Morgan fingerprint density at radius 1 is 0.556 bits per heavy atom. The normalized spacial score (nSPS) is 11.7. The fourth-order valence-electron chi connectivity index (χ4n) is 2.33.